The minimum Gasteiger partial charge on any atom is -0.456 e. The van der Waals surface area contributed by atoms with E-state index in [1.54, 1.807) is 6.07 Å². The molecule has 3 fully saturated rings. The first-order valence-electron chi connectivity index (χ1n) is 18.2. The number of fused-ring (bicyclic) bond motifs is 2. The van der Waals surface area contributed by atoms with E-state index in [-0.39, 0.29) is 44.4 Å². The summed E-state index contributed by atoms with van der Waals surface area (Å²) in [6.45, 7) is 4.48. The smallest absolute Gasteiger partial charge is 0.338 e. The number of aliphatic hydroxyl groups is 1. The zero-order valence-corrected chi connectivity index (χ0v) is 28.6. The lowest BCUT2D eigenvalue weighted by molar-refractivity contribution is -0.190. The number of benzene rings is 1. The van der Waals surface area contributed by atoms with E-state index in [1.165, 1.54) is 0 Å². The van der Waals surface area contributed by atoms with Crippen molar-refractivity contribution in [2.45, 2.75) is 134 Å². The van der Waals surface area contributed by atoms with E-state index in [2.05, 4.69) is 36.6 Å². The van der Waals surface area contributed by atoms with Crippen molar-refractivity contribution >= 4 is 23.9 Å². The number of allylic oxidation sites excluding steroid dienone is 1. The van der Waals surface area contributed by atoms with Gasteiger partial charge in [0.25, 0.3) is 0 Å². The Hall–Kier alpha value is -3.05. The van der Waals surface area contributed by atoms with Gasteiger partial charge in [0, 0.05) is 44.3 Å². The molecule has 2 saturated heterocycles. The van der Waals surface area contributed by atoms with Crippen LogP contribution < -0.4 is 10.6 Å². The Morgan fingerprint density at radius 2 is 1.79 bits per heavy atom. The quantitative estimate of drug-likeness (QED) is 0.108. The van der Waals surface area contributed by atoms with Crippen molar-refractivity contribution in [3.63, 3.8) is 0 Å². The van der Waals surface area contributed by atoms with Crippen LogP contribution in [0.3, 0.4) is 0 Å². The summed E-state index contributed by atoms with van der Waals surface area (Å²) in [6, 6.07) is 7.43. The first-order chi connectivity index (χ1) is 23.3. The van der Waals surface area contributed by atoms with Crippen LogP contribution in [-0.4, -0.2) is 78.9 Å². The third-order valence-electron chi connectivity index (χ3n) is 9.85. The molecule has 10 heteroatoms. The number of carbonyl (C=O) groups excluding carboxylic acids is 3. The van der Waals surface area contributed by atoms with Crippen molar-refractivity contribution < 1.29 is 38.4 Å². The molecule has 1 saturated carbocycles. The Kier molecular flexibility index (Phi) is 13.3. The molecule has 6 unspecified atom stereocenters. The molecule has 1 aromatic carbocycles. The summed E-state index contributed by atoms with van der Waals surface area (Å²) in [5.74, 6) is -1.38. The molecule has 0 aromatic heterocycles. The molecule has 264 valence electrons. The van der Waals surface area contributed by atoms with Crippen LogP contribution in [0.4, 0.5) is 0 Å². The van der Waals surface area contributed by atoms with Crippen LogP contribution in [0.15, 0.2) is 42.0 Å². The van der Waals surface area contributed by atoms with Crippen LogP contribution in [0.1, 0.15) is 113 Å². The molecule has 4 aliphatic rings. The number of unbranched alkanes of at least 4 members (excludes halogenated alkanes) is 4. The number of hydrogen-bond acceptors (Lipinski definition) is 8. The van der Waals surface area contributed by atoms with E-state index in [0.717, 1.165) is 76.2 Å². The number of ether oxygens (including phenoxy) is 4. The lowest BCUT2D eigenvalue weighted by Gasteiger charge is -2.31. The molecular formula is C38H54N2O8. The number of rotatable bonds is 18. The first kappa shape index (κ1) is 36.2. The van der Waals surface area contributed by atoms with Crippen molar-refractivity contribution in [3.05, 3.63) is 53.1 Å². The fourth-order valence-corrected chi connectivity index (χ4v) is 7.12. The highest BCUT2D eigenvalue weighted by Crippen LogP contribution is 2.43. The van der Waals surface area contributed by atoms with Gasteiger partial charge in [0.1, 0.15) is 18.3 Å². The maximum Gasteiger partial charge on any atom is 0.338 e. The predicted octanol–water partition coefficient (Wildman–Crippen LogP) is 5.38. The number of epoxide rings is 1. The summed E-state index contributed by atoms with van der Waals surface area (Å²) in [4.78, 5) is 39.0. The van der Waals surface area contributed by atoms with Gasteiger partial charge in [0.15, 0.2) is 5.79 Å². The number of nitrogens with one attached hydrogen (secondary N) is 2. The van der Waals surface area contributed by atoms with Crippen molar-refractivity contribution in [1.82, 2.24) is 10.6 Å². The van der Waals surface area contributed by atoms with Gasteiger partial charge in [-0.2, -0.15) is 0 Å². The van der Waals surface area contributed by atoms with E-state index < -0.39 is 30.1 Å². The third-order valence-corrected chi connectivity index (χ3v) is 9.85. The average molecular weight is 667 g/mol. The zero-order valence-electron chi connectivity index (χ0n) is 28.6. The summed E-state index contributed by atoms with van der Waals surface area (Å²) < 4.78 is 25.3. The molecule has 0 radical (unpaired) electrons. The van der Waals surface area contributed by atoms with Gasteiger partial charge in [-0.25, -0.2) is 4.79 Å². The summed E-state index contributed by atoms with van der Waals surface area (Å²) in [6.07, 6.45) is 16.3. The largest absolute Gasteiger partial charge is 0.456 e. The molecule has 5 rings (SSSR count). The van der Waals surface area contributed by atoms with Crippen LogP contribution in [0.2, 0.25) is 0 Å². The minimum absolute atomic E-state index is 0.0848. The van der Waals surface area contributed by atoms with Crippen molar-refractivity contribution in [3.8, 4) is 0 Å². The predicted molar refractivity (Wildman–Crippen MR) is 182 cm³/mol. The van der Waals surface area contributed by atoms with Gasteiger partial charge in [0.2, 0.25) is 11.8 Å². The standard InChI is InChI=1S/C38H54N2O8/c1-3-5-7-17-38(18-8-6-4-2)47-33-25-29(36(43)40-19-16-34(42)39-20-21-41)24-32(35(33)48-38)46-37(44)28-11-9-10-26(22-28)12-13-27-14-15-30-31(23-27)45-30/h9-13,22,25,27,30-33,35,41H,3-8,14-21,23-24H2,1-2H3,(H,39,42)(H,40,43). The maximum absolute atomic E-state index is 13.7. The highest BCUT2D eigenvalue weighted by molar-refractivity contribution is 5.94. The maximum atomic E-state index is 13.7. The molecule has 0 spiro atoms. The van der Waals surface area contributed by atoms with E-state index in [0.29, 0.717) is 29.3 Å². The van der Waals surface area contributed by atoms with Gasteiger partial charge in [-0.15, -0.1) is 0 Å². The van der Waals surface area contributed by atoms with Crippen LogP contribution in [0.5, 0.6) is 0 Å². The summed E-state index contributed by atoms with van der Waals surface area (Å²) in [5.41, 5.74) is 1.81. The molecule has 2 heterocycles. The van der Waals surface area contributed by atoms with Gasteiger partial charge >= 0.3 is 5.97 Å². The highest BCUT2D eigenvalue weighted by atomic mass is 16.8. The number of amides is 2. The van der Waals surface area contributed by atoms with Gasteiger partial charge in [0.05, 0.1) is 24.4 Å². The normalized spacial score (nSPS) is 27.1. The second kappa shape index (κ2) is 17.6. The number of carbonyl (C=O) groups is 3. The monoisotopic (exact) mass is 666 g/mol. The Labute approximate surface area is 285 Å². The van der Waals surface area contributed by atoms with Crippen LogP contribution in [-0.2, 0) is 28.5 Å². The summed E-state index contributed by atoms with van der Waals surface area (Å²) in [5, 5.41) is 14.3. The fraction of sp³-hybridized carbons (Fsp3) is 0.658. The highest BCUT2D eigenvalue weighted by Gasteiger charge is 2.52. The van der Waals surface area contributed by atoms with E-state index in [9.17, 15) is 14.4 Å². The summed E-state index contributed by atoms with van der Waals surface area (Å²) in [7, 11) is 0. The van der Waals surface area contributed by atoms with Gasteiger partial charge in [-0.3, -0.25) is 9.59 Å². The Bertz CT molecular complexity index is 1300. The second-order valence-corrected chi connectivity index (χ2v) is 13.7. The number of hydrogen-bond donors (Lipinski definition) is 3. The Morgan fingerprint density at radius 3 is 2.52 bits per heavy atom. The lowest BCUT2D eigenvalue weighted by atomic mass is 9.88. The molecular weight excluding hydrogens is 612 g/mol. The van der Waals surface area contributed by atoms with Crippen molar-refractivity contribution in [1.29, 1.82) is 0 Å². The average Bonchev–Trinajstić information content (AvgIpc) is 3.77. The van der Waals surface area contributed by atoms with E-state index in [1.807, 2.05) is 24.3 Å². The van der Waals surface area contributed by atoms with Crippen LogP contribution in [0, 0.1) is 5.92 Å². The lowest BCUT2D eigenvalue weighted by Crippen LogP contribution is -2.44. The molecule has 2 amide bonds. The molecule has 10 nitrogen and oxygen atoms in total. The topological polar surface area (TPSA) is 136 Å². The molecule has 2 aliphatic heterocycles. The van der Waals surface area contributed by atoms with Gasteiger partial charge < -0.3 is 34.7 Å². The van der Waals surface area contributed by atoms with E-state index >= 15 is 0 Å². The molecule has 48 heavy (non-hydrogen) atoms. The zero-order chi connectivity index (χ0) is 33.9. The minimum atomic E-state index is -0.799. The SMILES string of the molecule is CCCCCC1(CCCCC)OC2C=C(C(=O)NCCC(=O)NCCO)CC(OC(=O)c3cccc(C=CC4CCC5OC5C4)c3)C2O1. The number of aliphatic hydroxyl groups excluding tert-OH is 1. The Morgan fingerprint density at radius 1 is 1.00 bits per heavy atom. The molecule has 3 N–H and O–H groups in total. The summed E-state index contributed by atoms with van der Waals surface area (Å²) >= 11 is 0. The van der Waals surface area contributed by atoms with Gasteiger partial charge in [-0.1, -0.05) is 63.8 Å². The van der Waals surface area contributed by atoms with Gasteiger partial charge in [-0.05, 0) is 61.8 Å². The Balaban J connectivity index is 1.29. The van der Waals surface area contributed by atoms with Crippen molar-refractivity contribution in [2.24, 2.45) is 5.92 Å². The van der Waals surface area contributed by atoms with Crippen molar-refractivity contribution in [2.75, 3.05) is 19.7 Å². The third kappa shape index (κ3) is 10.00. The molecule has 0 bridgehead atoms. The molecule has 6 atom stereocenters. The molecule has 1 aromatic rings. The van der Waals surface area contributed by atoms with Crippen LogP contribution >= 0.6 is 0 Å². The fourth-order valence-electron chi connectivity index (χ4n) is 7.12. The number of esters is 1. The van der Waals surface area contributed by atoms with E-state index in [4.69, 9.17) is 24.1 Å². The second-order valence-electron chi connectivity index (χ2n) is 13.7. The van der Waals surface area contributed by atoms with Crippen LogP contribution in [0.25, 0.3) is 6.08 Å². The first-order valence-corrected chi connectivity index (χ1v) is 18.2. The molecule has 2 aliphatic carbocycles.